The van der Waals surface area contributed by atoms with Gasteiger partial charge in [-0.15, -0.1) is 10.2 Å². The van der Waals surface area contributed by atoms with Crippen molar-refractivity contribution in [1.82, 2.24) is 20.2 Å². The van der Waals surface area contributed by atoms with E-state index in [0.717, 1.165) is 17.4 Å². The van der Waals surface area contributed by atoms with Crippen molar-refractivity contribution < 1.29 is 14.6 Å². The van der Waals surface area contributed by atoms with Gasteiger partial charge in [0.05, 0.1) is 21.3 Å². The minimum atomic E-state index is -0.492. The van der Waals surface area contributed by atoms with Crippen LogP contribution in [0.2, 0.25) is 0 Å². The third kappa shape index (κ3) is 6.02. The molecule has 0 atom stereocenters. The first-order valence-corrected chi connectivity index (χ1v) is 11.8. The molecular formula is C24H19N7O5S. The molecule has 4 aromatic rings. The Hall–Kier alpha value is -4.91. The number of benzene rings is 3. The maximum absolute atomic E-state index is 12.5. The van der Waals surface area contributed by atoms with Gasteiger partial charge < -0.3 is 0 Å². The van der Waals surface area contributed by atoms with Crippen molar-refractivity contribution in [3.05, 3.63) is 105 Å². The highest BCUT2D eigenvalue weighted by atomic mass is 32.2. The fraction of sp³-hybridized carbons (Fsp3) is 0.0833. The molecule has 0 unspecified atom stereocenters. The summed E-state index contributed by atoms with van der Waals surface area (Å²) in [6.45, 7) is 1.67. The van der Waals surface area contributed by atoms with Gasteiger partial charge in [0, 0.05) is 35.5 Å². The maximum atomic E-state index is 12.5. The van der Waals surface area contributed by atoms with Crippen molar-refractivity contribution in [3.8, 4) is 17.1 Å². The molecular weight excluding hydrogens is 498 g/mol. The molecule has 1 aromatic heterocycles. The summed E-state index contributed by atoms with van der Waals surface area (Å²) in [6.07, 6.45) is 0. The first kappa shape index (κ1) is 25.2. The van der Waals surface area contributed by atoms with E-state index >= 15 is 0 Å². The van der Waals surface area contributed by atoms with Crippen LogP contribution in [0.15, 0.2) is 89.1 Å². The van der Waals surface area contributed by atoms with Gasteiger partial charge in [-0.2, -0.15) is 5.10 Å². The molecule has 1 heterocycles. The van der Waals surface area contributed by atoms with Gasteiger partial charge in [0.25, 0.3) is 17.3 Å². The Morgan fingerprint density at radius 1 is 0.946 bits per heavy atom. The number of non-ortho nitro benzene ring substituents is 2. The molecule has 4 rings (SSSR count). The zero-order chi connectivity index (χ0) is 26.4. The number of carbonyl (C=O) groups is 1. The van der Waals surface area contributed by atoms with Crippen LogP contribution >= 0.6 is 11.8 Å². The second kappa shape index (κ2) is 11.2. The number of hydrazone groups is 1. The highest BCUT2D eigenvalue weighted by Crippen LogP contribution is 2.29. The van der Waals surface area contributed by atoms with Crippen LogP contribution < -0.4 is 5.43 Å². The van der Waals surface area contributed by atoms with Gasteiger partial charge in [0.15, 0.2) is 11.0 Å². The second-order valence-corrected chi connectivity index (χ2v) is 8.55. The topological polar surface area (TPSA) is 158 Å². The van der Waals surface area contributed by atoms with E-state index in [2.05, 4.69) is 20.7 Å². The second-order valence-electron chi connectivity index (χ2n) is 7.61. The summed E-state index contributed by atoms with van der Waals surface area (Å²) in [4.78, 5) is 33.5. The van der Waals surface area contributed by atoms with Crippen LogP contribution in [-0.2, 0) is 4.79 Å². The third-order valence-electron chi connectivity index (χ3n) is 5.14. The largest absolute Gasteiger partial charge is 0.272 e. The number of para-hydroxylation sites is 1. The Labute approximate surface area is 214 Å². The summed E-state index contributed by atoms with van der Waals surface area (Å²) in [5.41, 5.74) is 4.70. The Kier molecular flexibility index (Phi) is 7.64. The van der Waals surface area contributed by atoms with Gasteiger partial charge in [0.1, 0.15) is 0 Å². The van der Waals surface area contributed by atoms with Crippen molar-refractivity contribution in [3.63, 3.8) is 0 Å². The first-order chi connectivity index (χ1) is 17.8. The van der Waals surface area contributed by atoms with E-state index in [0.29, 0.717) is 27.8 Å². The molecule has 0 aliphatic rings. The van der Waals surface area contributed by atoms with Crippen molar-refractivity contribution in [1.29, 1.82) is 0 Å². The summed E-state index contributed by atoms with van der Waals surface area (Å²) < 4.78 is 1.72. The minimum absolute atomic E-state index is 0.0308. The van der Waals surface area contributed by atoms with Crippen molar-refractivity contribution in [2.45, 2.75) is 12.1 Å². The van der Waals surface area contributed by atoms with E-state index < -0.39 is 15.8 Å². The highest BCUT2D eigenvalue weighted by molar-refractivity contribution is 7.99. The predicted octanol–water partition coefficient (Wildman–Crippen LogP) is 4.38. The molecule has 0 aliphatic carbocycles. The fourth-order valence-electron chi connectivity index (χ4n) is 3.32. The van der Waals surface area contributed by atoms with Crippen LogP contribution in [0.25, 0.3) is 17.1 Å². The van der Waals surface area contributed by atoms with Crippen LogP contribution in [0.5, 0.6) is 0 Å². The number of nitro groups is 2. The summed E-state index contributed by atoms with van der Waals surface area (Å²) in [7, 11) is 0. The summed E-state index contributed by atoms with van der Waals surface area (Å²) in [5.74, 6) is -0.0349. The summed E-state index contributed by atoms with van der Waals surface area (Å²) in [5, 5.41) is 35.0. The molecule has 13 heteroatoms. The number of hydrogen-bond donors (Lipinski definition) is 1. The molecule has 1 amide bonds. The van der Waals surface area contributed by atoms with E-state index in [9.17, 15) is 25.0 Å². The Balaban J connectivity index is 1.51. The minimum Gasteiger partial charge on any atom is -0.272 e. The lowest BCUT2D eigenvalue weighted by Crippen LogP contribution is -2.21. The average Bonchev–Trinajstić information content (AvgIpc) is 3.35. The smallest absolute Gasteiger partial charge is 0.270 e. The predicted molar refractivity (Wildman–Crippen MR) is 138 cm³/mol. The Morgan fingerprint density at radius 2 is 1.65 bits per heavy atom. The SMILES string of the molecule is CC(=NNC(=O)CSc1nnc(-c2cccc([N+](=O)[O-])c2)n1-c1ccccc1)c1ccc([N+](=O)[O-])cc1. The number of thioether (sulfide) groups is 1. The molecule has 0 saturated heterocycles. The molecule has 12 nitrogen and oxygen atoms in total. The molecule has 37 heavy (non-hydrogen) atoms. The Morgan fingerprint density at radius 3 is 2.32 bits per heavy atom. The first-order valence-electron chi connectivity index (χ1n) is 10.8. The van der Waals surface area contributed by atoms with Gasteiger partial charge >= 0.3 is 0 Å². The number of nitrogens with zero attached hydrogens (tertiary/aromatic N) is 6. The lowest BCUT2D eigenvalue weighted by molar-refractivity contribution is -0.385. The van der Waals surface area contributed by atoms with E-state index in [1.54, 1.807) is 35.8 Å². The standard InChI is InChI=1S/C24H19N7O5S/c1-16(17-10-12-20(13-11-17)30(33)34)25-26-22(32)15-37-24-28-27-23(29(24)19-7-3-2-4-8-19)18-6-5-9-21(14-18)31(35)36/h2-14H,15H2,1H3,(H,26,32). The Bertz CT molecular complexity index is 1490. The number of rotatable bonds is 9. The zero-order valence-corrected chi connectivity index (χ0v) is 20.2. The number of amides is 1. The van der Waals surface area contributed by atoms with Crippen molar-refractivity contribution in [2.24, 2.45) is 5.10 Å². The number of aromatic nitrogens is 3. The van der Waals surface area contributed by atoms with Gasteiger partial charge in [-0.05, 0) is 36.8 Å². The van der Waals surface area contributed by atoms with Gasteiger partial charge in [-0.1, -0.05) is 42.1 Å². The molecule has 0 spiro atoms. The summed E-state index contributed by atoms with van der Waals surface area (Å²) in [6, 6.07) is 21.1. The number of hydrogen-bond acceptors (Lipinski definition) is 9. The molecule has 0 saturated carbocycles. The normalized spacial score (nSPS) is 11.2. The lowest BCUT2D eigenvalue weighted by Gasteiger charge is -2.10. The van der Waals surface area contributed by atoms with Crippen molar-refractivity contribution >= 4 is 34.8 Å². The van der Waals surface area contributed by atoms with Crippen molar-refractivity contribution in [2.75, 3.05) is 5.75 Å². The molecule has 186 valence electrons. The van der Waals surface area contributed by atoms with Gasteiger partial charge in [0.2, 0.25) is 0 Å². The number of nitro benzene ring substituents is 2. The number of carbonyl (C=O) groups excluding carboxylic acids is 1. The molecule has 1 N–H and O–H groups in total. The van der Waals surface area contributed by atoms with Crippen LogP contribution in [0.3, 0.4) is 0 Å². The van der Waals surface area contributed by atoms with Crippen LogP contribution in [-0.4, -0.2) is 42.0 Å². The van der Waals surface area contributed by atoms with Crippen LogP contribution in [0.1, 0.15) is 12.5 Å². The number of nitrogens with one attached hydrogen (secondary N) is 1. The molecule has 3 aromatic carbocycles. The molecule has 0 bridgehead atoms. The molecule has 0 aliphatic heterocycles. The lowest BCUT2D eigenvalue weighted by atomic mass is 10.1. The molecule has 0 fully saturated rings. The zero-order valence-electron chi connectivity index (χ0n) is 19.3. The van der Waals surface area contributed by atoms with E-state index in [-0.39, 0.29) is 17.1 Å². The fourth-order valence-corrected chi connectivity index (χ4v) is 4.06. The third-order valence-corrected chi connectivity index (χ3v) is 6.07. The maximum Gasteiger partial charge on any atom is 0.270 e. The quantitative estimate of drug-likeness (QED) is 0.148. The van der Waals surface area contributed by atoms with Crippen LogP contribution in [0, 0.1) is 20.2 Å². The molecule has 0 radical (unpaired) electrons. The highest BCUT2D eigenvalue weighted by Gasteiger charge is 2.19. The van der Waals surface area contributed by atoms with E-state index in [1.165, 1.54) is 24.3 Å². The van der Waals surface area contributed by atoms with E-state index in [1.807, 2.05) is 30.3 Å². The summed E-state index contributed by atoms with van der Waals surface area (Å²) >= 11 is 1.13. The van der Waals surface area contributed by atoms with Crippen LogP contribution in [0.4, 0.5) is 11.4 Å². The van der Waals surface area contributed by atoms with Gasteiger partial charge in [-0.25, -0.2) is 5.43 Å². The average molecular weight is 518 g/mol. The monoisotopic (exact) mass is 517 g/mol. The van der Waals surface area contributed by atoms with E-state index in [4.69, 9.17) is 0 Å². The van der Waals surface area contributed by atoms with Gasteiger partial charge in [-0.3, -0.25) is 29.6 Å².